The number of hydrogen-bond donors (Lipinski definition) is 0. The van der Waals surface area contributed by atoms with Crippen LogP contribution in [0.15, 0.2) is 48.5 Å². The molecule has 2 rings (SSSR count). The number of rotatable bonds is 5. The van der Waals surface area contributed by atoms with Crippen LogP contribution in [0, 0.1) is 12.1 Å². The van der Waals surface area contributed by atoms with Gasteiger partial charge in [0.25, 0.3) is 0 Å². The summed E-state index contributed by atoms with van der Waals surface area (Å²) in [7, 11) is 11.6. The number of hydrogen-bond acceptors (Lipinski definition) is 4. The van der Waals surface area contributed by atoms with E-state index in [2.05, 4.69) is 50.1 Å². The molecule has 0 fully saturated rings. The molecule has 4 nitrogen and oxygen atoms in total. The van der Waals surface area contributed by atoms with Crippen molar-refractivity contribution in [2.45, 2.75) is 0 Å². The van der Waals surface area contributed by atoms with Gasteiger partial charge in [-0.3, -0.25) is 0 Å². The van der Waals surface area contributed by atoms with Crippen molar-refractivity contribution in [2.75, 3.05) is 55.5 Å². The Hall–Kier alpha value is -1.42. The summed E-state index contributed by atoms with van der Waals surface area (Å²) in [6, 6.07) is 20.5. The van der Waals surface area contributed by atoms with E-state index in [9.17, 15) is 0 Å². The van der Waals surface area contributed by atoms with Crippen LogP contribution >= 0.6 is 0 Å². The molecular weight excluding hydrogens is 366 g/mol. The van der Waals surface area contributed by atoms with Crippen LogP contribution < -0.4 is 9.47 Å². The van der Waals surface area contributed by atoms with E-state index in [0.29, 0.717) is 0 Å². The van der Waals surface area contributed by atoms with Gasteiger partial charge in [0.05, 0.1) is 14.2 Å². The monoisotopic (exact) mass is 394 g/mol. The van der Waals surface area contributed by atoms with Crippen LogP contribution in [0.25, 0.3) is 0 Å². The zero-order valence-electron chi connectivity index (χ0n) is 16.5. The van der Waals surface area contributed by atoms with Gasteiger partial charge in [-0.05, 0) is 28.2 Å². The Bertz CT molecular complexity index is 446. The van der Waals surface area contributed by atoms with E-state index in [-0.39, 0.29) is 19.5 Å². The zero-order valence-corrected chi connectivity index (χ0v) is 19.4. The molecule has 0 amide bonds. The molecule has 0 saturated carbocycles. The molecule has 0 aliphatic rings. The molecule has 2 aromatic rings. The van der Waals surface area contributed by atoms with Gasteiger partial charge >= 0.3 is 19.5 Å². The molecule has 0 spiro atoms. The molecule has 5 heteroatoms. The topological polar surface area (TPSA) is 24.9 Å². The fourth-order valence-electron chi connectivity index (χ4n) is 1.42. The third-order valence-corrected chi connectivity index (χ3v) is 2.84. The van der Waals surface area contributed by atoms with E-state index in [1.165, 1.54) is 0 Å². The SMILES string of the molecule is CN(C)CCN(C)C.COc1cc[c-]cc1.COc1cc[c-]cc1.[Zn+2]. The second-order valence-electron chi connectivity index (χ2n) is 5.49. The third kappa shape index (κ3) is 17.2. The maximum absolute atomic E-state index is 4.89. The Labute approximate surface area is 166 Å². The average molecular weight is 396 g/mol. The summed E-state index contributed by atoms with van der Waals surface area (Å²) in [5, 5.41) is 0. The predicted molar refractivity (Wildman–Crippen MR) is 101 cm³/mol. The van der Waals surface area contributed by atoms with Gasteiger partial charge in [-0.25, -0.2) is 0 Å². The molecule has 0 heterocycles. The summed E-state index contributed by atoms with van der Waals surface area (Å²) in [4.78, 5) is 4.36. The molecule has 0 aliphatic heterocycles. The second-order valence-corrected chi connectivity index (χ2v) is 5.49. The van der Waals surface area contributed by atoms with Gasteiger partial charge in [-0.2, -0.15) is 36.4 Å². The minimum atomic E-state index is 0. The first kappa shape index (κ1) is 25.8. The summed E-state index contributed by atoms with van der Waals surface area (Å²) < 4.78 is 9.79. The van der Waals surface area contributed by atoms with Crippen LogP contribution in [0.1, 0.15) is 0 Å². The zero-order chi connectivity index (χ0) is 18.2. The minimum Gasteiger partial charge on any atom is -0.522 e. The van der Waals surface area contributed by atoms with Crippen molar-refractivity contribution >= 4 is 0 Å². The van der Waals surface area contributed by atoms with Crippen molar-refractivity contribution < 1.29 is 29.0 Å². The van der Waals surface area contributed by atoms with Crippen LogP contribution in [0.5, 0.6) is 11.5 Å². The van der Waals surface area contributed by atoms with Gasteiger partial charge in [0.1, 0.15) is 0 Å². The molecule has 0 aliphatic carbocycles. The number of nitrogens with zero attached hydrogens (tertiary/aromatic N) is 2. The van der Waals surface area contributed by atoms with Crippen molar-refractivity contribution in [1.82, 2.24) is 9.80 Å². The van der Waals surface area contributed by atoms with Gasteiger partial charge < -0.3 is 19.3 Å². The Morgan fingerprint density at radius 2 is 0.960 bits per heavy atom. The van der Waals surface area contributed by atoms with Crippen molar-refractivity contribution in [3.05, 3.63) is 60.7 Å². The predicted octanol–water partition coefficient (Wildman–Crippen LogP) is 3.10. The Morgan fingerprint density at radius 1 is 0.680 bits per heavy atom. The van der Waals surface area contributed by atoms with E-state index in [1.807, 2.05) is 48.5 Å². The molecule has 2 aromatic carbocycles. The Balaban J connectivity index is 0. The quantitative estimate of drug-likeness (QED) is 0.573. The fraction of sp³-hybridized carbons (Fsp3) is 0.400. The molecule has 0 unspecified atom stereocenters. The third-order valence-electron chi connectivity index (χ3n) is 2.84. The fourth-order valence-corrected chi connectivity index (χ4v) is 1.42. The average Bonchev–Trinajstić information content (AvgIpc) is 2.62. The van der Waals surface area contributed by atoms with E-state index in [1.54, 1.807) is 14.2 Å². The van der Waals surface area contributed by atoms with Crippen LogP contribution in [0.4, 0.5) is 0 Å². The standard InChI is InChI=1S/2C7H7O.C6H16N2.Zn/c2*1-8-7-5-3-2-4-6-7;1-7(2)5-6-8(3)4;/h2*3-6H,1H3;5-6H2,1-4H3;/q2*-1;;+2. The first-order chi connectivity index (χ1) is 11.5. The van der Waals surface area contributed by atoms with E-state index >= 15 is 0 Å². The number of ether oxygens (including phenoxy) is 2. The van der Waals surface area contributed by atoms with Crippen molar-refractivity contribution in [3.63, 3.8) is 0 Å². The Kier molecular flexibility index (Phi) is 18.0. The van der Waals surface area contributed by atoms with E-state index in [0.717, 1.165) is 24.6 Å². The van der Waals surface area contributed by atoms with E-state index in [4.69, 9.17) is 9.47 Å². The summed E-state index contributed by atoms with van der Waals surface area (Å²) in [5.74, 6) is 1.76. The summed E-state index contributed by atoms with van der Waals surface area (Å²) >= 11 is 0. The van der Waals surface area contributed by atoms with Crippen LogP contribution in [0.2, 0.25) is 0 Å². The van der Waals surface area contributed by atoms with Crippen LogP contribution in [-0.4, -0.2) is 65.3 Å². The first-order valence-corrected chi connectivity index (χ1v) is 7.79. The van der Waals surface area contributed by atoms with Gasteiger partial charge in [-0.15, -0.1) is 24.3 Å². The number of likely N-dealkylation sites (N-methyl/N-ethyl adjacent to an activating group) is 2. The molecule has 134 valence electrons. The first-order valence-electron chi connectivity index (χ1n) is 7.79. The molecule has 0 N–H and O–H groups in total. The van der Waals surface area contributed by atoms with E-state index < -0.39 is 0 Å². The van der Waals surface area contributed by atoms with Crippen molar-refractivity contribution in [3.8, 4) is 11.5 Å². The smallest absolute Gasteiger partial charge is 0.522 e. The number of methoxy groups -OCH3 is 2. The molecule has 0 radical (unpaired) electrons. The maximum Gasteiger partial charge on any atom is 2.00 e. The van der Waals surface area contributed by atoms with Crippen LogP contribution in [-0.2, 0) is 19.5 Å². The molecular formula is C20H30N2O2Zn. The molecule has 0 aromatic heterocycles. The summed E-state index contributed by atoms with van der Waals surface area (Å²) in [5.41, 5.74) is 0. The molecule has 0 bridgehead atoms. The van der Waals surface area contributed by atoms with Crippen molar-refractivity contribution in [2.24, 2.45) is 0 Å². The molecule has 25 heavy (non-hydrogen) atoms. The maximum atomic E-state index is 4.89. The van der Waals surface area contributed by atoms with Gasteiger partial charge in [-0.1, -0.05) is 0 Å². The van der Waals surface area contributed by atoms with Crippen molar-refractivity contribution in [1.29, 1.82) is 0 Å². The van der Waals surface area contributed by atoms with Crippen LogP contribution in [0.3, 0.4) is 0 Å². The molecule has 0 saturated heterocycles. The normalized spacial score (nSPS) is 9.12. The summed E-state index contributed by atoms with van der Waals surface area (Å²) in [6.07, 6.45) is 0. The van der Waals surface area contributed by atoms with Gasteiger partial charge in [0.15, 0.2) is 0 Å². The Morgan fingerprint density at radius 3 is 1.12 bits per heavy atom. The number of benzene rings is 2. The molecule has 0 atom stereocenters. The summed E-state index contributed by atoms with van der Waals surface area (Å²) in [6.45, 7) is 2.29. The second kappa shape index (κ2) is 17.4. The largest absolute Gasteiger partial charge is 2.00 e. The minimum absolute atomic E-state index is 0. The van der Waals surface area contributed by atoms with Gasteiger partial charge in [0, 0.05) is 24.6 Å². The van der Waals surface area contributed by atoms with Gasteiger partial charge in [0.2, 0.25) is 0 Å².